The van der Waals surface area contributed by atoms with E-state index in [4.69, 9.17) is 0 Å². The van der Waals surface area contributed by atoms with Gasteiger partial charge in [-0.2, -0.15) is 0 Å². The topological polar surface area (TPSA) is 20.3 Å². The second-order valence-electron chi connectivity index (χ2n) is 4.49. The van der Waals surface area contributed by atoms with Gasteiger partial charge in [-0.25, -0.2) is 0 Å². The first-order chi connectivity index (χ1) is 6.51. The van der Waals surface area contributed by atoms with E-state index in [2.05, 4.69) is 25.7 Å². The van der Waals surface area contributed by atoms with Crippen molar-refractivity contribution in [3.8, 4) is 0 Å². The summed E-state index contributed by atoms with van der Waals surface area (Å²) in [5, 5.41) is 0. The SMILES string of the molecule is CCC(C)CN(C)CC(=O)C(C)CC. The maximum Gasteiger partial charge on any atom is 0.149 e. The minimum Gasteiger partial charge on any atom is -0.299 e. The van der Waals surface area contributed by atoms with Crippen LogP contribution in [0.15, 0.2) is 0 Å². The van der Waals surface area contributed by atoms with Crippen LogP contribution in [0.4, 0.5) is 0 Å². The van der Waals surface area contributed by atoms with Crippen molar-refractivity contribution in [2.24, 2.45) is 11.8 Å². The first-order valence-electron chi connectivity index (χ1n) is 5.72. The van der Waals surface area contributed by atoms with Crippen molar-refractivity contribution in [3.05, 3.63) is 0 Å². The molecule has 0 aromatic carbocycles. The van der Waals surface area contributed by atoms with Crippen LogP contribution in [0.2, 0.25) is 0 Å². The summed E-state index contributed by atoms with van der Waals surface area (Å²) >= 11 is 0. The van der Waals surface area contributed by atoms with Crippen LogP contribution in [0.25, 0.3) is 0 Å². The second kappa shape index (κ2) is 6.99. The van der Waals surface area contributed by atoms with Crippen LogP contribution in [0.3, 0.4) is 0 Å². The van der Waals surface area contributed by atoms with Gasteiger partial charge in [-0.05, 0) is 19.4 Å². The Balaban J connectivity index is 3.82. The van der Waals surface area contributed by atoms with Crippen LogP contribution in [0, 0.1) is 11.8 Å². The highest BCUT2D eigenvalue weighted by Gasteiger charge is 2.13. The van der Waals surface area contributed by atoms with E-state index in [1.807, 2.05) is 14.0 Å². The van der Waals surface area contributed by atoms with E-state index in [1.54, 1.807) is 0 Å². The molecule has 2 unspecified atom stereocenters. The minimum absolute atomic E-state index is 0.217. The highest BCUT2D eigenvalue weighted by Crippen LogP contribution is 2.06. The van der Waals surface area contributed by atoms with Gasteiger partial charge >= 0.3 is 0 Å². The van der Waals surface area contributed by atoms with E-state index < -0.39 is 0 Å². The molecule has 0 spiro atoms. The van der Waals surface area contributed by atoms with Crippen molar-refractivity contribution in [3.63, 3.8) is 0 Å². The Labute approximate surface area is 88.7 Å². The Morgan fingerprint density at radius 2 is 1.79 bits per heavy atom. The molecule has 14 heavy (non-hydrogen) atoms. The van der Waals surface area contributed by atoms with E-state index in [0.717, 1.165) is 13.0 Å². The molecular formula is C12H25NO. The van der Waals surface area contributed by atoms with Crippen molar-refractivity contribution in [1.82, 2.24) is 4.90 Å². The summed E-state index contributed by atoms with van der Waals surface area (Å²) in [6.45, 7) is 10.1. The fourth-order valence-electron chi connectivity index (χ4n) is 1.38. The third-order valence-corrected chi connectivity index (χ3v) is 2.91. The van der Waals surface area contributed by atoms with Gasteiger partial charge in [0.05, 0.1) is 6.54 Å². The predicted molar refractivity (Wildman–Crippen MR) is 61.4 cm³/mol. The number of ketones is 1. The average molecular weight is 199 g/mol. The monoisotopic (exact) mass is 199 g/mol. The largest absolute Gasteiger partial charge is 0.299 e. The van der Waals surface area contributed by atoms with Gasteiger partial charge in [-0.1, -0.05) is 34.1 Å². The molecule has 2 heteroatoms. The molecule has 0 aliphatic carbocycles. The first kappa shape index (κ1) is 13.6. The Hall–Kier alpha value is -0.370. The minimum atomic E-state index is 0.217. The Kier molecular flexibility index (Phi) is 6.81. The van der Waals surface area contributed by atoms with Gasteiger partial charge in [0, 0.05) is 12.5 Å². The van der Waals surface area contributed by atoms with E-state index in [0.29, 0.717) is 18.2 Å². The number of carbonyl (C=O) groups excluding carboxylic acids is 1. The summed E-state index contributed by atoms with van der Waals surface area (Å²) in [6, 6.07) is 0. The van der Waals surface area contributed by atoms with E-state index in [1.165, 1.54) is 6.42 Å². The molecule has 0 fully saturated rings. The van der Waals surface area contributed by atoms with E-state index in [-0.39, 0.29) is 5.92 Å². The summed E-state index contributed by atoms with van der Waals surface area (Å²) < 4.78 is 0. The van der Waals surface area contributed by atoms with Crippen LogP contribution in [-0.4, -0.2) is 30.8 Å². The molecule has 2 nitrogen and oxygen atoms in total. The fourth-order valence-corrected chi connectivity index (χ4v) is 1.38. The number of rotatable bonds is 7. The summed E-state index contributed by atoms with van der Waals surface area (Å²) in [4.78, 5) is 13.8. The smallest absolute Gasteiger partial charge is 0.149 e. The van der Waals surface area contributed by atoms with Gasteiger partial charge < -0.3 is 0 Å². The molecule has 0 amide bonds. The van der Waals surface area contributed by atoms with Crippen molar-refractivity contribution in [2.45, 2.75) is 40.5 Å². The zero-order valence-electron chi connectivity index (χ0n) is 10.3. The van der Waals surface area contributed by atoms with Gasteiger partial charge in [0.1, 0.15) is 5.78 Å². The summed E-state index contributed by atoms with van der Waals surface area (Å²) in [6.07, 6.45) is 2.14. The Bertz CT molecular complexity index is 168. The first-order valence-corrected chi connectivity index (χ1v) is 5.72. The lowest BCUT2D eigenvalue weighted by Gasteiger charge is -2.20. The molecule has 0 bridgehead atoms. The van der Waals surface area contributed by atoms with Gasteiger partial charge in [-0.3, -0.25) is 9.69 Å². The molecule has 84 valence electrons. The fraction of sp³-hybridized carbons (Fsp3) is 0.917. The van der Waals surface area contributed by atoms with E-state index >= 15 is 0 Å². The molecule has 0 aromatic rings. The molecule has 0 aromatic heterocycles. The third kappa shape index (κ3) is 5.38. The lowest BCUT2D eigenvalue weighted by molar-refractivity contribution is -0.123. The quantitative estimate of drug-likeness (QED) is 0.628. The molecule has 0 rings (SSSR count). The maximum absolute atomic E-state index is 11.6. The van der Waals surface area contributed by atoms with Crippen molar-refractivity contribution < 1.29 is 4.79 Å². The number of carbonyl (C=O) groups is 1. The number of hydrogen-bond acceptors (Lipinski definition) is 2. The van der Waals surface area contributed by atoms with Crippen LogP contribution < -0.4 is 0 Å². The standard InChI is InChI=1S/C12H25NO/c1-6-10(3)8-13(5)9-12(14)11(4)7-2/h10-11H,6-9H2,1-5H3. The molecule has 0 radical (unpaired) electrons. The van der Waals surface area contributed by atoms with E-state index in [9.17, 15) is 4.79 Å². The molecule has 0 saturated heterocycles. The maximum atomic E-state index is 11.6. The molecule has 0 saturated carbocycles. The van der Waals surface area contributed by atoms with Crippen molar-refractivity contribution in [2.75, 3.05) is 20.1 Å². The van der Waals surface area contributed by atoms with Gasteiger partial charge in [-0.15, -0.1) is 0 Å². The zero-order chi connectivity index (χ0) is 11.1. The van der Waals surface area contributed by atoms with Crippen LogP contribution in [0.1, 0.15) is 40.5 Å². The Morgan fingerprint density at radius 1 is 1.21 bits per heavy atom. The van der Waals surface area contributed by atoms with Crippen molar-refractivity contribution in [1.29, 1.82) is 0 Å². The highest BCUT2D eigenvalue weighted by atomic mass is 16.1. The second-order valence-corrected chi connectivity index (χ2v) is 4.49. The number of likely N-dealkylation sites (N-methyl/N-ethyl adjacent to an activating group) is 1. The third-order valence-electron chi connectivity index (χ3n) is 2.91. The zero-order valence-corrected chi connectivity index (χ0v) is 10.3. The van der Waals surface area contributed by atoms with Gasteiger partial charge in [0.2, 0.25) is 0 Å². The predicted octanol–water partition coefficient (Wildman–Crippen LogP) is 2.58. The molecule has 0 heterocycles. The van der Waals surface area contributed by atoms with Gasteiger partial charge in [0.15, 0.2) is 0 Å². The number of Topliss-reactive ketones (excluding diaryl/α,β-unsaturated/α-hetero) is 1. The molecule has 2 atom stereocenters. The molecule has 0 N–H and O–H groups in total. The van der Waals surface area contributed by atoms with Crippen LogP contribution in [0.5, 0.6) is 0 Å². The van der Waals surface area contributed by atoms with Crippen molar-refractivity contribution >= 4 is 5.78 Å². The average Bonchev–Trinajstić information content (AvgIpc) is 2.15. The lowest BCUT2D eigenvalue weighted by atomic mass is 10.0. The van der Waals surface area contributed by atoms with Gasteiger partial charge in [0.25, 0.3) is 0 Å². The van der Waals surface area contributed by atoms with Crippen LogP contribution >= 0.6 is 0 Å². The number of nitrogens with zero attached hydrogens (tertiary/aromatic N) is 1. The normalized spacial score (nSPS) is 15.6. The molecule has 0 aliphatic heterocycles. The molecule has 0 aliphatic rings. The summed E-state index contributed by atoms with van der Waals surface area (Å²) in [5.41, 5.74) is 0. The number of hydrogen-bond donors (Lipinski definition) is 0. The van der Waals surface area contributed by atoms with Crippen LogP contribution in [-0.2, 0) is 4.79 Å². The molecular weight excluding hydrogens is 174 g/mol. The highest BCUT2D eigenvalue weighted by molar-refractivity contribution is 5.82. The lowest BCUT2D eigenvalue weighted by Crippen LogP contribution is -2.32. The summed E-state index contributed by atoms with van der Waals surface area (Å²) in [5.74, 6) is 1.28. The Morgan fingerprint density at radius 3 is 2.21 bits per heavy atom. The summed E-state index contributed by atoms with van der Waals surface area (Å²) in [7, 11) is 2.03.